The molecule has 0 unspecified atom stereocenters. The van der Waals surface area contributed by atoms with Crippen LogP contribution < -0.4 is 0 Å². The molecule has 0 saturated heterocycles. The van der Waals surface area contributed by atoms with Crippen molar-refractivity contribution in [2.45, 2.75) is 13.3 Å². The summed E-state index contributed by atoms with van der Waals surface area (Å²) in [4.78, 5) is 15.6. The second kappa shape index (κ2) is 6.25. The van der Waals surface area contributed by atoms with Crippen molar-refractivity contribution in [1.82, 2.24) is 4.98 Å². The SMILES string of the molecule is CCOC(=O)Cc1csc(-c2ccc(Br)c(F)c2)n1. The van der Waals surface area contributed by atoms with E-state index in [0.29, 0.717) is 27.3 Å². The minimum atomic E-state index is -0.334. The summed E-state index contributed by atoms with van der Waals surface area (Å²) in [5, 5.41) is 2.47. The number of benzene rings is 1. The van der Waals surface area contributed by atoms with E-state index in [4.69, 9.17) is 4.74 Å². The van der Waals surface area contributed by atoms with E-state index in [1.54, 1.807) is 24.4 Å². The van der Waals surface area contributed by atoms with Crippen LogP contribution in [0.2, 0.25) is 0 Å². The molecule has 0 saturated carbocycles. The van der Waals surface area contributed by atoms with Gasteiger partial charge in [-0.1, -0.05) is 6.07 Å². The van der Waals surface area contributed by atoms with Crippen molar-refractivity contribution in [1.29, 1.82) is 0 Å². The van der Waals surface area contributed by atoms with E-state index in [2.05, 4.69) is 20.9 Å². The fourth-order valence-corrected chi connectivity index (χ4v) is 2.57. The molecule has 1 aromatic heterocycles. The van der Waals surface area contributed by atoms with Gasteiger partial charge in [0, 0.05) is 10.9 Å². The summed E-state index contributed by atoms with van der Waals surface area (Å²) in [6.07, 6.45) is 0.142. The molecular formula is C13H11BrFNO2S. The molecule has 6 heteroatoms. The van der Waals surface area contributed by atoms with Crippen LogP contribution in [0.25, 0.3) is 10.6 Å². The second-order valence-corrected chi connectivity index (χ2v) is 5.47. The summed E-state index contributed by atoms with van der Waals surface area (Å²) >= 11 is 4.48. The van der Waals surface area contributed by atoms with Gasteiger partial charge in [-0.15, -0.1) is 11.3 Å². The Hall–Kier alpha value is -1.27. The van der Waals surface area contributed by atoms with Crippen LogP contribution in [0.4, 0.5) is 4.39 Å². The molecule has 19 heavy (non-hydrogen) atoms. The van der Waals surface area contributed by atoms with Crippen molar-refractivity contribution in [2.24, 2.45) is 0 Å². The Morgan fingerprint density at radius 1 is 1.53 bits per heavy atom. The Morgan fingerprint density at radius 2 is 2.32 bits per heavy atom. The van der Waals surface area contributed by atoms with Crippen LogP contribution in [0.1, 0.15) is 12.6 Å². The topological polar surface area (TPSA) is 39.2 Å². The first kappa shape index (κ1) is 14.1. The standard InChI is InChI=1S/C13H11BrFNO2S/c1-2-18-12(17)6-9-7-19-13(16-9)8-3-4-10(14)11(15)5-8/h3-5,7H,2,6H2,1H3. The highest BCUT2D eigenvalue weighted by atomic mass is 79.9. The van der Waals surface area contributed by atoms with Gasteiger partial charge in [0.1, 0.15) is 10.8 Å². The molecule has 2 rings (SSSR count). The van der Waals surface area contributed by atoms with Crippen molar-refractivity contribution in [3.05, 3.63) is 39.6 Å². The number of esters is 1. The molecule has 0 fully saturated rings. The Balaban J connectivity index is 2.16. The number of thiazole rings is 1. The van der Waals surface area contributed by atoms with Crippen LogP contribution in [-0.2, 0) is 16.0 Å². The summed E-state index contributed by atoms with van der Waals surface area (Å²) in [5.41, 5.74) is 1.34. The summed E-state index contributed by atoms with van der Waals surface area (Å²) in [5.74, 6) is -0.638. The normalized spacial score (nSPS) is 10.5. The quantitative estimate of drug-likeness (QED) is 0.792. The van der Waals surface area contributed by atoms with Gasteiger partial charge in [-0.05, 0) is 35.0 Å². The molecule has 100 valence electrons. The molecule has 0 aliphatic carbocycles. The number of carbonyl (C=O) groups excluding carboxylic acids is 1. The molecule has 0 radical (unpaired) electrons. The van der Waals surface area contributed by atoms with Gasteiger partial charge in [0.25, 0.3) is 0 Å². The van der Waals surface area contributed by atoms with Crippen molar-refractivity contribution in [3.63, 3.8) is 0 Å². The van der Waals surface area contributed by atoms with Gasteiger partial charge >= 0.3 is 5.97 Å². The number of nitrogens with zero attached hydrogens (tertiary/aromatic N) is 1. The number of hydrogen-bond donors (Lipinski definition) is 0. The highest BCUT2D eigenvalue weighted by molar-refractivity contribution is 9.10. The summed E-state index contributed by atoms with van der Waals surface area (Å²) in [6, 6.07) is 4.83. The first-order chi connectivity index (χ1) is 9.10. The molecule has 1 heterocycles. The molecule has 0 atom stereocenters. The smallest absolute Gasteiger partial charge is 0.311 e. The second-order valence-electron chi connectivity index (χ2n) is 3.75. The highest BCUT2D eigenvalue weighted by Crippen LogP contribution is 2.27. The van der Waals surface area contributed by atoms with Gasteiger partial charge in [0.15, 0.2) is 0 Å². The number of aromatic nitrogens is 1. The maximum absolute atomic E-state index is 13.4. The Labute approximate surface area is 122 Å². The van der Waals surface area contributed by atoms with E-state index in [1.165, 1.54) is 17.4 Å². The average molecular weight is 344 g/mol. The third kappa shape index (κ3) is 3.61. The van der Waals surface area contributed by atoms with Crippen molar-refractivity contribution < 1.29 is 13.9 Å². The van der Waals surface area contributed by atoms with E-state index in [0.717, 1.165) is 0 Å². The predicted molar refractivity (Wildman–Crippen MR) is 75.5 cm³/mol. The molecule has 3 nitrogen and oxygen atoms in total. The molecule has 0 amide bonds. The van der Waals surface area contributed by atoms with E-state index in [1.807, 2.05) is 0 Å². The third-order valence-electron chi connectivity index (χ3n) is 2.35. The summed E-state index contributed by atoms with van der Waals surface area (Å²) in [7, 11) is 0. The lowest BCUT2D eigenvalue weighted by Gasteiger charge is -1.99. The first-order valence-electron chi connectivity index (χ1n) is 5.65. The van der Waals surface area contributed by atoms with E-state index < -0.39 is 0 Å². The lowest BCUT2D eigenvalue weighted by molar-refractivity contribution is -0.142. The molecule has 0 aliphatic heterocycles. The van der Waals surface area contributed by atoms with E-state index in [9.17, 15) is 9.18 Å². The molecule has 0 N–H and O–H groups in total. The number of carbonyl (C=O) groups is 1. The van der Waals surface area contributed by atoms with Gasteiger partial charge in [-0.3, -0.25) is 4.79 Å². The molecule has 1 aromatic carbocycles. The number of hydrogen-bond acceptors (Lipinski definition) is 4. The molecule has 2 aromatic rings. The van der Waals surface area contributed by atoms with Crippen LogP contribution in [0.15, 0.2) is 28.1 Å². The molecule has 0 spiro atoms. The zero-order valence-corrected chi connectivity index (χ0v) is 12.6. The van der Waals surface area contributed by atoms with Crippen LogP contribution in [0, 0.1) is 5.82 Å². The zero-order valence-electron chi connectivity index (χ0n) is 10.2. The van der Waals surface area contributed by atoms with Gasteiger partial charge in [0.05, 0.1) is 23.2 Å². The Bertz CT molecular complexity index is 600. The van der Waals surface area contributed by atoms with Gasteiger partial charge in [-0.2, -0.15) is 0 Å². The first-order valence-corrected chi connectivity index (χ1v) is 7.33. The predicted octanol–water partition coefficient (Wildman–Crippen LogP) is 3.82. The minimum Gasteiger partial charge on any atom is -0.466 e. The lowest BCUT2D eigenvalue weighted by Crippen LogP contribution is -2.07. The Morgan fingerprint density at radius 3 is 3.00 bits per heavy atom. The zero-order chi connectivity index (χ0) is 13.8. The van der Waals surface area contributed by atoms with Crippen molar-refractivity contribution in [2.75, 3.05) is 6.61 Å². The monoisotopic (exact) mass is 343 g/mol. The summed E-state index contributed by atoms with van der Waals surface area (Å²) < 4.78 is 18.7. The largest absolute Gasteiger partial charge is 0.466 e. The molecule has 0 aliphatic rings. The van der Waals surface area contributed by atoms with Crippen molar-refractivity contribution >= 4 is 33.2 Å². The maximum atomic E-state index is 13.4. The van der Waals surface area contributed by atoms with Crippen LogP contribution in [0.5, 0.6) is 0 Å². The fraction of sp³-hybridized carbons (Fsp3) is 0.231. The number of ether oxygens (including phenoxy) is 1. The fourth-order valence-electron chi connectivity index (χ4n) is 1.51. The average Bonchev–Trinajstić information content (AvgIpc) is 2.81. The summed E-state index contributed by atoms with van der Waals surface area (Å²) in [6.45, 7) is 2.11. The minimum absolute atomic E-state index is 0.142. The number of rotatable bonds is 4. The van der Waals surface area contributed by atoms with Crippen LogP contribution >= 0.6 is 27.3 Å². The van der Waals surface area contributed by atoms with Crippen molar-refractivity contribution in [3.8, 4) is 10.6 Å². The third-order valence-corrected chi connectivity index (χ3v) is 3.93. The highest BCUT2D eigenvalue weighted by Gasteiger charge is 2.10. The number of halogens is 2. The molecular weight excluding hydrogens is 333 g/mol. The van der Waals surface area contributed by atoms with Gasteiger partial charge in [-0.25, -0.2) is 9.37 Å². The van der Waals surface area contributed by atoms with Crippen LogP contribution in [0.3, 0.4) is 0 Å². The lowest BCUT2D eigenvalue weighted by atomic mass is 10.2. The van der Waals surface area contributed by atoms with Gasteiger partial charge < -0.3 is 4.74 Å². The maximum Gasteiger partial charge on any atom is 0.311 e. The molecule has 0 bridgehead atoms. The van der Waals surface area contributed by atoms with Crippen LogP contribution in [-0.4, -0.2) is 17.6 Å². The van der Waals surface area contributed by atoms with E-state index in [-0.39, 0.29) is 18.2 Å². The Kier molecular flexibility index (Phi) is 4.66. The van der Waals surface area contributed by atoms with Gasteiger partial charge in [0.2, 0.25) is 0 Å². The van der Waals surface area contributed by atoms with E-state index >= 15 is 0 Å².